The van der Waals surface area contributed by atoms with Crippen molar-refractivity contribution in [2.45, 2.75) is 0 Å². The van der Waals surface area contributed by atoms with Gasteiger partial charge in [-0.2, -0.15) is 0 Å². The van der Waals surface area contributed by atoms with Crippen molar-refractivity contribution in [2.24, 2.45) is 5.34 Å². The van der Waals surface area contributed by atoms with E-state index in [2.05, 4.69) is 0 Å². The minimum Gasteiger partial charge on any atom is -2.00 e. The maximum absolute atomic E-state index is 8.00. The van der Waals surface area contributed by atoms with Crippen molar-refractivity contribution in [3.05, 3.63) is 10.1 Å². The summed E-state index contributed by atoms with van der Waals surface area (Å²) < 4.78 is 0. The molecule has 0 heterocycles. The van der Waals surface area contributed by atoms with Crippen LogP contribution in [0.3, 0.4) is 0 Å². The van der Waals surface area contributed by atoms with E-state index >= 15 is 0 Å². The predicted molar refractivity (Wildman–Crippen MR) is 10.5 cm³/mol. The van der Waals surface area contributed by atoms with E-state index in [1.807, 2.05) is 0 Å². The van der Waals surface area contributed by atoms with Crippen molar-refractivity contribution in [1.82, 2.24) is 0 Å². The Hall–Kier alpha value is 0.775. The summed E-state index contributed by atoms with van der Waals surface area (Å²) in [5.41, 5.74) is 0. The third-order valence-electron chi connectivity index (χ3n) is 0. The first-order valence-corrected chi connectivity index (χ1v) is 0.365. The maximum atomic E-state index is 8.00. The Bertz CT molecular complexity index is 19.2. The Balaban J connectivity index is -0.00000000333. The van der Waals surface area contributed by atoms with Gasteiger partial charge in [0, 0.05) is 0 Å². The second-order valence-corrected chi connectivity index (χ2v) is 0.0745. The van der Waals surface area contributed by atoms with Crippen LogP contribution >= 0.6 is 0 Å². The second kappa shape index (κ2) is 71.7. The first-order chi connectivity index (χ1) is 1.41. The van der Waals surface area contributed by atoms with Crippen molar-refractivity contribution in [2.75, 3.05) is 0 Å². The van der Waals surface area contributed by atoms with Crippen LogP contribution < -0.4 is 0 Å². The van der Waals surface area contributed by atoms with Crippen molar-refractivity contribution in [1.29, 1.82) is 0 Å². The van der Waals surface area contributed by atoms with E-state index in [0.29, 0.717) is 0 Å². The van der Waals surface area contributed by atoms with Crippen LogP contribution in [0.4, 0.5) is 0 Å². The predicted octanol–water partition coefficient (Wildman–Crippen LogP) is 0.00800. The van der Waals surface area contributed by atoms with Gasteiger partial charge in [0.2, 0.25) is 0 Å². The first-order valence-electron chi connectivity index (χ1n) is 0.365. The summed E-state index contributed by atoms with van der Waals surface area (Å²) in [6.45, 7) is 0. The molecule has 0 aliphatic carbocycles. The minimum atomic E-state index is 0. The molecule has 0 spiro atoms. The van der Waals surface area contributed by atoms with Gasteiger partial charge in [0.1, 0.15) is 0 Å². The third-order valence-corrected chi connectivity index (χ3v) is 0. The smallest absolute Gasteiger partial charge is 2.00 e. The quantitative estimate of drug-likeness (QED) is 0.334. The van der Waals surface area contributed by atoms with Gasteiger partial charge in [-0.05, 0) is 0 Å². The van der Waals surface area contributed by atoms with Crippen molar-refractivity contribution in [3.63, 3.8) is 0 Å². The molecule has 0 aromatic heterocycles. The molecule has 5 nitrogen and oxygen atoms in total. The van der Waals surface area contributed by atoms with Crippen LogP contribution in [0.2, 0.25) is 0 Å². The van der Waals surface area contributed by atoms with Gasteiger partial charge in [0.15, 0.2) is 0 Å². The molecule has 0 rings (SSSR count). The maximum Gasteiger partial charge on any atom is 4.00 e. The van der Waals surface area contributed by atoms with Crippen molar-refractivity contribution < 1.29 is 55.1 Å². The monoisotopic (exact) mass is 233 g/mol. The fourth-order valence-electron chi connectivity index (χ4n) is 0. The molecule has 7 heavy (non-hydrogen) atoms. The molecule has 0 aliphatic heterocycles. The second-order valence-electron chi connectivity index (χ2n) is 0.0745. The molecular weight excluding hydrogens is 234 g/mol. The number of rotatable bonds is 0. The molecule has 0 aromatic rings. The zero-order valence-corrected chi connectivity index (χ0v) is 5.93. The molecule has 0 saturated carbocycles. The average molecular weight is 234 g/mol. The molecule has 0 N–H and O–H groups in total. The van der Waals surface area contributed by atoms with Crippen LogP contribution in [0, 0.1) is 10.1 Å². The molecule has 7 heteroatoms. The van der Waals surface area contributed by atoms with Crippen LogP contribution in [0.1, 0.15) is 0 Å². The van der Waals surface area contributed by atoms with Gasteiger partial charge in [-0.25, -0.2) is 0 Å². The summed E-state index contributed by atoms with van der Waals surface area (Å²) in [7, 11) is 0. The molecular formula is AgNO4Ti. The molecule has 0 radical (unpaired) electrons. The molecule has 0 unspecified atom stereocenters. The van der Waals surface area contributed by atoms with Gasteiger partial charge in [0.25, 0.3) is 0 Å². The topological polar surface area (TPSA) is 109 Å². The van der Waals surface area contributed by atoms with E-state index in [9.17, 15) is 0 Å². The Kier molecular flexibility index (Phi) is 475. The molecule has 0 atom stereocenters. The zero-order chi connectivity index (χ0) is 2.71. The normalized spacial score (nSPS) is 1.71. The summed E-state index contributed by atoms with van der Waals surface area (Å²) in [6.07, 6.45) is 0. The summed E-state index contributed by atoms with van der Waals surface area (Å²) in [6, 6.07) is 0. The number of nitrogens with zero attached hydrogens (tertiary/aromatic N) is 1. The van der Waals surface area contributed by atoms with Crippen LogP contribution in [0.5, 0.6) is 0 Å². The van der Waals surface area contributed by atoms with Crippen LogP contribution in [0.15, 0.2) is 5.34 Å². The fraction of sp³-hybridized carbons (Fsp3) is 0. The Morgan fingerprint density at radius 1 is 1.29 bits per heavy atom. The number of hydrogen-bond acceptors (Lipinski definition) is 3. The van der Waals surface area contributed by atoms with Crippen molar-refractivity contribution >= 4 is 0 Å². The fourth-order valence-corrected chi connectivity index (χ4v) is 0. The molecule has 0 amide bonds. The molecule has 0 aromatic carbocycles. The largest absolute Gasteiger partial charge is 4.00 e. The summed E-state index contributed by atoms with van der Waals surface area (Å²) in [5, 5.41) is 9.00. The molecule has 0 fully saturated rings. The minimum absolute atomic E-state index is 0. The Morgan fingerprint density at radius 2 is 1.29 bits per heavy atom. The average Bonchev–Trinajstić information content (AvgIpc) is 0.918. The van der Waals surface area contributed by atoms with E-state index in [1.165, 1.54) is 0 Å². The van der Waals surface area contributed by atoms with E-state index in [-0.39, 0.29) is 55.1 Å². The van der Waals surface area contributed by atoms with Gasteiger partial charge < -0.3 is 21.1 Å². The van der Waals surface area contributed by atoms with E-state index in [0.717, 1.165) is 5.34 Å². The van der Waals surface area contributed by atoms with Crippen LogP contribution in [-0.4, -0.2) is 0 Å². The third kappa shape index (κ3) is 257. The SMILES string of the molecule is O=N[O-].[Ag+].[O-2].[O-2].[Ti+4]. The van der Waals surface area contributed by atoms with Crippen LogP contribution in [0.25, 0.3) is 0 Å². The molecule has 0 bridgehead atoms. The van der Waals surface area contributed by atoms with E-state index in [1.54, 1.807) is 0 Å². The standard InChI is InChI=1S/Ag.HNO2.2O.Ti/c;2-1-3;;;/h;(H,2,3);;;/q+1;;2*-2;+4/p-1. The summed E-state index contributed by atoms with van der Waals surface area (Å²) in [4.78, 5) is 8.00. The van der Waals surface area contributed by atoms with E-state index < -0.39 is 0 Å². The molecule has 44 valence electrons. The van der Waals surface area contributed by atoms with Gasteiger partial charge in [0.05, 0.1) is 0 Å². The zero-order valence-electron chi connectivity index (χ0n) is 2.88. The summed E-state index contributed by atoms with van der Waals surface area (Å²) >= 11 is 0. The molecule has 0 saturated heterocycles. The van der Waals surface area contributed by atoms with Crippen LogP contribution in [-0.2, 0) is 55.1 Å². The van der Waals surface area contributed by atoms with Gasteiger partial charge >= 0.3 is 44.1 Å². The molecule has 0 aliphatic rings. The van der Waals surface area contributed by atoms with Crippen molar-refractivity contribution in [3.8, 4) is 0 Å². The van der Waals surface area contributed by atoms with Gasteiger partial charge in [-0.1, -0.05) is 0 Å². The number of hydrogen-bond donors (Lipinski definition) is 0. The van der Waals surface area contributed by atoms with E-state index in [4.69, 9.17) is 10.1 Å². The summed E-state index contributed by atoms with van der Waals surface area (Å²) in [5.74, 6) is 0. The Morgan fingerprint density at radius 3 is 1.29 bits per heavy atom. The van der Waals surface area contributed by atoms with Gasteiger partial charge in [-0.3, -0.25) is 0 Å². The first kappa shape index (κ1) is 46.4. The van der Waals surface area contributed by atoms with Gasteiger partial charge in [-0.15, -0.1) is 5.34 Å². The Labute approximate surface area is 70.4 Å².